The van der Waals surface area contributed by atoms with Crippen molar-refractivity contribution in [2.24, 2.45) is 0 Å². The lowest BCUT2D eigenvalue weighted by Crippen LogP contribution is -1.94. The zero-order chi connectivity index (χ0) is 12.4. The van der Waals surface area contributed by atoms with E-state index in [1.807, 2.05) is 12.1 Å². The van der Waals surface area contributed by atoms with Crippen LogP contribution in [0.2, 0.25) is 0 Å². The van der Waals surface area contributed by atoms with Crippen molar-refractivity contribution < 1.29 is 13.5 Å². The molecule has 0 bridgehead atoms. The lowest BCUT2D eigenvalue weighted by atomic mass is 10.2. The summed E-state index contributed by atoms with van der Waals surface area (Å²) in [5, 5.41) is 0.735. The SMILES string of the molecule is Fc1cccc2c(COc3cccnc3)coc12. The van der Waals surface area contributed by atoms with E-state index in [0.29, 0.717) is 12.4 Å². The van der Waals surface area contributed by atoms with Crippen LogP contribution in [-0.2, 0) is 6.61 Å². The Hall–Kier alpha value is -2.36. The molecule has 1 aromatic carbocycles. The highest BCUT2D eigenvalue weighted by molar-refractivity contribution is 5.81. The van der Waals surface area contributed by atoms with Gasteiger partial charge in [0.25, 0.3) is 0 Å². The molecule has 0 N–H and O–H groups in total. The normalized spacial score (nSPS) is 10.7. The molecule has 0 unspecified atom stereocenters. The van der Waals surface area contributed by atoms with Gasteiger partial charge in [0, 0.05) is 17.1 Å². The minimum Gasteiger partial charge on any atom is -0.487 e. The molecule has 2 aromatic heterocycles. The molecule has 3 nitrogen and oxygen atoms in total. The van der Waals surface area contributed by atoms with Crippen molar-refractivity contribution in [1.29, 1.82) is 0 Å². The van der Waals surface area contributed by atoms with E-state index in [1.165, 1.54) is 12.3 Å². The number of hydrogen-bond acceptors (Lipinski definition) is 3. The molecule has 3 aromatic rings. The number of aromatic nitrogens is 1. The first kappa shape index (κ1) is 10.8. The second kappa shape index (κ2) is 4.49. The third kappa shape index (κ3) is 1.93. The largest absolute Gasteiger partial charge is 0.487 e. The Morgan fingerprint density at radius 3 is 3.00 bits per heavy atom. The van der Waals surface area contributed by atoms with Crippen LogP contribution in [0.5, 0.6) is 5.75 Å². The van der Waals surface area contributed by atoms with E-state index in [4.69, 9.17) is 9.15 Å². The Kier molecular flexibility index (Phi) is 2.68. The highest BCUT2D eigenvalue weighted by Crippen LogP contribution is 2.24. The summed E-state index contributed by atoms with van der Waals surface area (Å²) in [5.74, 6) is 0.309. The van der Waals surface area contributed by atoms with Crippen LogP contribution in [0.4, 0.5) is 4.39 Å². The average Bonchev–Trinajstić information content (AvgIpc) is 2.82. The number of nitrogens with zero attached hydrogens (tertiary/aromatic N) is 1. The van der Waals surface area contributed by atoms with Crippen LogP contribution < -0.4 is 4.74 Å². The number of benzene rings is 1. The topological polar surface area (TPSA) is 35.3 Å². The van der Waals surface area contributed by atoms with Crippen molar-refractivity contribution in [3.05, 3.63) is 60.4 Å². The molecule has 0 aliphatic rings. The first-order valence-electron chi connectivity index (χ1n) is 5.52. The Balaban J connectivity index is 1.85. The van der Waals surface area contributed by atoms with Crippen molar-refractivity contribution in [2.45, 2.75) is 6.61 Å². The van der Waals surface area contributed by atoms with Crippen molar-refractivity contribution in [2.75, 3.05) is 0 Å². The second-order valence-corrected chi connectivity index (χ2v) is 3.85. The molecule has 0 atom stereocenters. The Morgan fingerprint density at radius 1 is 1.22 bits per heavy atom. The smallest absolute Gasteiger partial charge is 0.169 e. The predicted octanol–water partition coefficient (Wildman–Crippen LogP) is 3.55. The Bertz CT molecular complexity index is 664. The number of furan rings is 1. The number of ether oxygens (including phenoxy) is 1. The fraction of sp³-hybridized carbons (Fsp3) is 0.0714. The summed E-state index contributed by atoms with van der Waals surface area (Å²) in [6, 6.07) is 8.44. The summed E-state index contributed by atoms with van der Waals surface area (Å²) in [4.78, 5) is 3.95. The fourth-order valence-electron chi connectivity index (χ4n) is 1.78. The fourth-order valence-corrected chi connectivity index (χ4v) is 1.78. The maximum absolute atomic E-state index is 13.4. The minimum atomic E-state index is -0.361. The number of para-hydroxylation sites is 1. The molecule has 0 aliphatic carbocycles. The first-order chi connectivity index (χ1) is 8.84. The van der Waals surface area contributed by atoms with Crippen LogP contribution in [0.25, 0.3) is 11.0 Å². The van der Waals surface area contributed by atoms with Crippen molar-refractivity contribution in [3.8, 4) is 5.75 Å². The number of pyridine rings is 1. The molecule has 2 heterocycles. The van der Waals surface area contributed by atoms with Crippen LogP contribution >= 0.6 is 0 Å². The Labute approximate surface area is 103 Å². The molecule has 18 heavy (non-hydrogen) atoms. The summed E-state index contributed by atoms with van der Waals surface area (Å²) in [6.07, 6.45) is 4.82. The molecule has 0 radical (unpaired) electrons. The molecule has 0 aliphatic heterocycles. The van der Waals surface area contributed by atoms with Crippen LogP contribution in [0.15, 0.2) is 53.4 Å². The van der Waals surface area contributed by atoms with E-state index in [0.717, 1.165) is 10.9 Å². The van der Waals surface area contributed by atoms with Crippen LogP contribution in [0, 0.1) is 5.82 Å². The van der Waals surface area contributed by atoms with Gasteiger partial charge in [-0.1, -0.05) is 12.1 Å². The predicted molar refractivity (Wildman–Crippen MR) is 64.7 cm³/mol. The summed E-state index contributed by atoms with van der Waals surface area (Å²) in [7, 11) is 0. The molecule has 0 amide bonds. The molecular weight excluding hydrogens is 233 g/mol. The highest BCUT2D eigenvalue weighted by atomic mass is 19.1. The molecule has 0 fully saturated rings. The van der Waals surface area contributed by atoms with Crippen molar-refractivity contribution in [3.63, 3.8) is 0 Å². The number of hydrogen-bond donors (Lipinski definition) is 0. The van der Waals surface area contributed by atoms with Gasteiger partial charge < -0.3 is 9.15 Å². The van der Waals surface area contributed by atoms with Gasteiger partial charge in [0.15, 0.2) is 11.4 Å². The van der Waals surface area contributed by atoms with E-state index in [1.54, 1.807) is 24.5 Å². The maximum atomic E-state index is 13.4. The average molecular weight is 243 g/mol. The number of halogens is 1. The van der Waals surface area contributed by atoms with Gasteiger partial charge >= 0.3 is 0 Å². The third-order valence-corrected chi connectivity index (χ3v) is 2.66. The highest BCUT2D eigenvalue weighted by Gasteiger charge is 2.09. The van der Waals surface area contributed by atoms with Gasteiger partial charge in [0.1, 0.15) is 12.4 Å². The van der Waals surface area contributed by atoms with Crippen LogP contribution in [0.1, 0.15) is 5.56 Å². The standard InChI is InChI=1S/C14H10FNO2/c15-13-5-1-4-12-10(9-18-14(12)13)8-17-11-3-2-6-16-7-11/h1-7,9H,8H2. The molecule has 3 rings (SSSR count). The van der Waals surface area contributed by atoms with Crippen LogP contribution in [0.3, 0.4) is 0 Å². The summed E-state index contributed by atoms with van der Waals surface area (Å²) in [6.45, 7) is 0.322. The molecule has 4 heteroatoms. The monoisotopic (exact) mass is 243 g/mol. The summed E-state index contributed by atoms with van der Waals surface area (Å²) in [5.41, 5.74) is 1.08. The third-order valence-electron chi connectivity index (χ3n) is 2.66. The van der Waals surface area contributed by atoms with Crippen LogP contribution in [-0.4, -0.2) is 4.98 Å². The summed E-state index contributed by atoms with van der Waals surface area (Å²) < 4.78 is 24.2. The van der Waals surface area contributed by atoms with Crippen molar-refractivity contribution >= 4 is 11.0 Å². The first-order valence-corrected chi connectivity index (χ1v) is 5.52. The van der Waals surface area contributed by atoms with E-state index < -0.39 is 0 Å². The number of fused-ring (bicyclic) bond motifs is 1. The maximum Gasteiger partial charge on any atom is 0.169 e. The van der Waals surface area contributed by atoms with Gasteiger partial charge in [-0.2, -0.15) is 0 Å². The van der Waals surface area contributed by atoms with E-state index in [9.17, 15) is 4.39 Å². The number of rotatable bonds is 3. The van der Waals surface area contributed by atoms with Gasteiger partial charge in [-0.05, 0) is 18.2 Å². The second-order valence-electron chi connectivity index (χ2n) is 3.85. The van der Waals surface area contributed by atoms with Gasteiger partial charge in [0.2, 0.25) is 0 Å². The zero-order valence-electron chi connectivity index (χ0n) is 9.47. The van der Waals surface area contributed by atoms with E-state index in [-0.39, 0.29) is 11.4 Å². The van der Waals surface area contributed by atoms with Gasteiger partial charge in [-0.25, -0.2) is 4.39 Å². The Morgan fingerprint density at radius 2 is 2.17 bits per heavy atom. The van der Waals surface area contributed by atoms with Gasteiger partial charge in [-0.15, -0.1) is 0 Å². The lowest BCUT2D eigenvalue weighted by Gasteiger charge is -2.03. The molecule has 0 spiro atoms. The molecule has 0 saturated carbocycles. The van der Waals surface area contributed by atoms with Crippen molar-refractivity contribution in [1.82, 2.24) is 4.98 Å². The van der Waals surface area contributed by atoms with Gasteiger partial charge in [-0.3, -0.25) is 4.98 Å². The quantitative estimate of drug-likeness (QED) is 0.705. The van der Waals surface area contributed by atoms with Gasteiger partial charge in [0.05, 0.1) is 12.5 Å². The molecular formula is C14H10FNO2. The minimum absolute atomic E-state index is 0.266. The lowest BCUT2D eigenvalue weighted by molar-refractivity contribution is 0.304. The van der Waals surface area contributed by atoms with E-state index in [2.05, 4.69) is 4.98 Å². The van der Waals surface area contributed by atoms with E-state index >= 15 is 0 Å². The zero-order valence-corrected chi connectivity index (χ0v) is 9.47. The molecule has 90 valence electrons. The summed E-state index contributed by atoms with van der Waals surface area (Å²) >= 11 is 0. The molecule has 0 saturated heterocycles.